The molecule has 2 heterocycles. The summed E-state index contributed by atoms with van der Waals surface area (Å²) in [6.45, 7) is 0.421. The second-order valence-electron chi connectivity index (χ2n) is 7.39. The van der Waals surface area contributed by atoms with Crippen LogP contribution in [0.25, 0.3) is 16.5 Å². The van der Waals surface area contributed by atoms with Gasteiger partial charge in [0.2, 0.25) is 5.88 Å². The molecule has 0 bridgehead atoms. The normalized spacial score (nSPS) is 12.8. The van der Waals surface area contributed by atoms with Crippen molar-refractivity contribution in [3.8, 4) is 11.6 Å². The van der Waals surface area contributed by atoms with Gasteiger partial charge in [0.25, 0.3) is 5.56 Å². The quantitative estimate of drug-likeness (QED) is 0.447. The summed E-state index contributed by atoms with van der Waals surface area (Å²) < 4.78 is 6.79. The number of likely N-dealkylation sites (N-methyl/N-ethyl adjacent to an activating group) is 1. The number of aromatic hydroxyl groups is 1. The van der Waals surface area contributed by atoms with Gasteiger partial charge in [0.1, 0.15) is 5.76 Å². The van der Waals surface area contributed by atoms with Crippen LogP contribution in [0, 0.1) is 0 Å². The van der Waals surface area contributed by atoms with Crippen LogP contribution in [-0.2, 0) is 0 Å². The van der Waals surface area contributed by atoms with Crippen LogP contribution in [0.4, 0.5) is 0 Å². The summed E-state index contributed by atoms with van der Waals surface area (Å²) in [6, 6.07) is 17.7. The molecule has 0 aliphatic carbocycles. The number of aromatic nitrogens is 1. The molecule has 31 heavy (non-hydrogen) atoms. The Labute approximate surface area is 184 Å². The number of pyridine rings is 1. The van der Waals surface area contributed by atoms with E-state index in [-0.39, 0.29) is 17.5 Å². The number of benzene rings is 2. The molecule has 0 amide bonds. The number of aliphatic imine (C=N–C) groups is 1. The highest BCUT2D eigenvalue weighted by atomic mass is 35.5. The molecule has 0 aliphatic rings. The van der Waals surface area contributed by atoms with E-state index >= 15 is 0 Å². The van der Waals surface area contributed by atoms with E-state index in [0.29, 0.717) is 33.6 Å². The number of halogens is 1. The Balaban J connectivity index is 1.82. The van der Waals surface area contributed by atoms with Gasteiger partial charge >= 0.3 is 0 Å². The third-order valence-electron chi connectivity index (χ3n) is 5.16. The molecule has 0 radical (unpaired) electrons. The number of fused-ring (bicyclic) bond motifs is 1. The molecule has 2 aromatic heterocycles. The van der Waals surface area contributed by atoms with Crippen molar-refractivity contribution in [2.75, 3.05) is 20.6 Å². The van der Waals surface area contributed by atoms with Crippen LogP contribution in [0.1, 0.15) is 17.4 Å². The first-order chi connectivity index (χ1) is 15.0. The first-order valence-electron chi connectivity index (χ1n) is 9.79. The molecule has 4 rings (SSSR count). The maximum Gasteiger partial charge on any atom is 0.265 e. The van der Waals surface area contributed by atoms with Gasteiger partial charge in [-0.2, -0.15) is 0 Å². The number of rotatable bonds is 6. The zero-order valence-corrected chi connectivity index (χ0v) is 18.0. The van der Waals surface area contributed by atoms with Crippen LogP contribution in [0.2, 0.25) is 5.02 Å². The van der Waals surface area contributed by atoms with Gasteiger partial charge in [0.05, 0.1) is 30.1 Å². The van der Waals surface area contributed by atoms with Crippen molar-refractivity contribution >= 4 is 28.6 Å². The van der Waals surface area contributed by atoms with Crippen LogP contribution >= 0.6 is 11.6 Å². The predicted octanol–water partition coefficient (Wildman–Crippen LogP) is 4.66. The SMILES string of the molecule is CN(C)[C@H](CN=Cc1c(O)n(-c2cccc(Cl)c2)c(=O)c2ccccc12)c1ccco1. The van der Waals surface area contributed by atoms with E-state index in [4.69, 9.17) is 16.0 Å². The first-order valence-corrected chi connectivity index (χ1v) is 10.2. The summed E-state index contributed by atoms with van der Waals surface area (Å²) in [4.78, 5) is 19.7. The lowest BCUT2D eigenvalue weighted by atomic mass is 10.1. The predicted molar refractivity (Wildman–Crippen MR) is 124 cm³/mol. The average Bonchev–Trinajstić information content (AvgIpc) is 3.27. The van der Waals surface area contributed by atoms with Gasteiger partial charge in [-0.1, -0.05) is 35.9 Å². The molecule has 1 N–H and O–H groups in total. The van der Waals surface area contributed by atoms with Crippen molar-refractivity contribution in [1.29, 1.82) is 0 Å². The van der Waals surface area contributed by atoms with Crippen LogP contribution < -0.4 is 5.56 Å². The van der Waals surface area contributed by atoms with Crippen molar-refractivity contribution in [3.05, 3.63) is 93.6 Å². The fourth-order valence-corrected chi connectivity index (χ4v) is 3.76. The van der Waals surface area contributed by atoms with Gasteiger partial charge in [-0.05, 0) is 50.5 Å². The molecule has 6 nitrogen and oxygen atoms in total. The molecule has 0 spiro atoms. The van der Waals surface area contributed by atoms with Crippen molar-refractivity contribution < 1.29 is 9.52 Å². The van der Waals surface area contributed by atoms with Crippen molar-refractivity contribution in [2.24, 2.45) is 4.99 Å². The zero-order chi connectivity index (χ0) is 22.0. The standard InChI is InChI=1S/C24H22ClN3O3/c1-27(2)21(22-11-6-12-31-22)15-26-14-20-18-9-3-4-10-19(18)23(29)28(24(20)30)17-8-5-7-16(25)13-17/h3-14,21,30H,15H2,1-2H3/t21-/m1/s1. The molecule has 0 fully saturated rings. The lowest BCUT2D eigenvalue weighted by Crippen LogP contribution is -2.22. The van der Waals surface area contributed by atoms with Crippen molar-refractivity contribution in [3.63, 3.8) is 0 Å². The maximum atomic E-state index is 13.1. The van der Waals surface area contributed by atoms with Crippen LogP contribution in [0.5, 0.6) is 5.88 Å². The van der Waals surface area contributed by atoms with Crippen LogP contribution in [0.3, 0.4) is 0 Å². The molecule has 0 aliphatic heterocycles. The van der Waals surface area contributed by atoms with Gasteiger partial charge in [-0.3, -0.25) is 14.7 Å². The first kappa shape index (κ1) is 20.9. The molecule has 1 atom stereocenters. The lowest BCUT2D eigenvalue weighted by Gasteiger charge is -2.20. The smallest absolute Gasteiger partial charge is 0.265 e. The Morgan fingerprint density at radius 3 is 2.58 bits per heavy atom. The van der Waals surface area contributed by atoms with Crippen molar-refractivity contribution in [2.45, 2.75) is 6.04 Å². The van der Waals surface area contributed by atoms with E-state index < -0.39 is 0 Å². The van der Waals surface area contributed by atoms with E-state index in [1.807, 2.05) is 37.2 Å². The van der Waals surface area contributed by atoms with E-state index in [1.54, 1.807) is 54.9 Å². The zero-order valence-electron chi connectivity index (χ0n) is 17.2. The fraction of sp³-hybridized carbons (Fsp3) is 0.167. The molecule has 2 aromatic carbocycles. The molecule has 0 saturated heterocycles. The van der Waals surface area contributed by atoms with Gasteiger partial charge in [-0.25, -0.2) is 4.57 Å². The van der Waals surface area contributed by atoms with Crippen LogP contribution in [0.15, 0.2) is 81.1 Å². The Kier molecular flexibility index (Phi) is 5.93. The highest BCUT2D eigenvalue weighted by Crippen LogP contribution is 2.27. The third kappa shape index (κ3) is 4.13. The fourth-order valence-electron chi connectivity index (χ4n) is 3.58. The number of hydrogen-bond donors (Lipinski definition) is 1. The Morgan fingerprint density at radius 1 is 1.13 bits per heavy atom. The Bertz CT molecular complexity index is 1290. The second-order valence-corrected chi connectivity index (χ2v) is 7.83. The highest BCUT2D eigenvalue weighted by molar-refractivity contribution is 6.30. The summed E-state index contributed by atoms with van der Waals surface area (Å²) in [5, 5.41) is 12.7. The third-order valence-corrected chi connectivity index (χ3v) is 5.40. The minimum absolute atomic E-state index is 0.0570. The molecule has 7 heteroatoms. The summed E-state index contributed by atoms with van der Waals surface area (Å²) >= 11 is 6.12. The number of hydrogen-bond acceptors (Lipinski definition) is 5. The second kappa shape index (κ2) is 8.79. The summed E-state index contributed by atoms with van der Waals surface area (Å²) in [5.74, 6) is 0.620. The van der Waals surface area contributed by atoms with E-state index in [0.717, 1.165) is 5.76 Å². The molecule has 4 aromatic rings. The monoisotopic (exact) mass is 435 g/mol. The maximum absolute atomic E-state index is 13.1. The van der Waals surface area contributed by atoms with Gasteiger partial charge < -0.3 is 9.52 Å². The molecule has 0 saturated carbocycles. The minimum atomic E-state index is -0.325. The summed E-state index contributed by atoms with van der Waals surface area (Å²) in [6.07, 6.45) is 3.24. The van der Waals surface area contributed by atoms with Gasteiger partial charge in [-0.15, -0.1) is 0 Å². The van der Waals surface area contributed by atoms with Gasteiger partial charge in [0.15, 0.2) is 0 Å². The number of nitrogens with zero attached hydrogens (tertiary/aromatic N) is 3. The van der Waals surface area contributed by atoms with Crippen LogP contribution in [-0.4, -0.2) is 41.4 Å². The molecule has 0 unspecified atom stereocenters. The Hall–Kier alpha value is -3.35. The summed E-state index contributed by atoms with van der Waals surface area (Å²) in [5.41, 5.74) is 0.624. The largest absolute Gasteiger partial charge is 0.494 e. The highest BCUT2D eigenvalue weighted by Gasteiger charge is 2.18. The van der Waals surface area contributed by atoms with E-state index in [2.05, 4.69) is 4.99 Å². The molecule has 158 valence electrons. The minimum Gasteiger partial charge on any atom is -0.494 e. The van der Waals surface area contributed by atoms with E-state index in [1.165, 1.54) is 4.57 Å². The average molecular weight is 436 g/mol. The number of furan rings is 1. The molecular formula is C24H22ClN3O3. The lowest BCUT2D eigenvalue weighted by molar-refractivity contribution is 0.265. The Morgan fingerprint density at radius 2 is 1.90 bits per heavy atom. The summed E-state index contributed by atoms with van der Waals surface area (Å²) in [7, 11) is 3.91. The topological polar surface area (TPSA) is 71.0 Å². The van der Waals surface area contributed by atoms with Crippen molar-refractivity contribution in [1.82, 2.24) is 9.47 Å². The van der Waals surface area contributed by atoms with Gasteiger partial charge in [0, 0.05) is 22.0 Å². The van der Waals surface area contributed by atoms with E-state index in [9.17, 15) is 9.90 Å². The molecular weight excluding hydrogens is 414 g/mol.